The van der Waals surface area contributed by atoms with Crippen molar-refractivity contribution < 1.29 is 18.4 Å². The van der Waals surface area contributed by atoms with Crippen LogP contribution in [0.3, 0.4) is 0 Å². The van der Waals surface area contributed by atoms with Crippen molar-refractivity contribution in [2.45, 2.75) is 13.1 Å². The normalized spacial score (nSPS) is 12.7. The highest BCUT2D eigenvalue weighted by atomic mass is 35.5. The van der Waals surface area contributed by atoms with E-state index in [1.165, 1.54) is 16.9 Å². The average Bonchev–Trinajstić information content (AvgIpc) is 2.76. The fourth-order valence-electron chi connectivity index (χ4n) is 1.76. The van der Waals surface area contributed by atoms with Crippen molar-refractivity contribution in [1.29, 1.82) is 0 Å². The van der Waals surface area contributed by atoms with Gasteiger partial charge in [0.25, 0.3) is 0 Å². The molecule has 112 valence electrons. The van der Waals surface area contributed by atoms with Gasteiger partial charge in [-0.15, -0.1) is 0 Å². The summed E-state index contributed by atoms with van der Waals surface area (Å²) in [6, 6.07) is 3.19. The van der Waals surface area contributed by atoms with E-state index in [9.17, 15) is 13.2 Å². The molecule has 0 unspecified atom stereocenters. The minimum Gasteiger partial charge on any atom is -0.409 e. The molecule has 0 aliphatic heterocycles. The number of nitrogens with two attached hydrogens (primary N) is 1. The van der Waals surface area contributed by atoms with Crippen molar-refractivity contribution in [1.82, 2.24) is 9.78 Å². The Hall–Kier alpha value is -2.22. The second kappa shape index (κ2) is 5.28. The first-order valence-corrected chi connectivity index (χ1v) is 6.03. The van der Waals surface area contributed by atoms with Gasteiger partial charge in [-0.2, -0.15) is 18.3 Å². The van der Waals surface area contributed by atoms with E-state index in [4.69, 9.17) is 22.5 Å². The number of hydrogen-bond acceptors (Lipinski definition) is 3. The molecule has 2 rings (SSSR count). The molecule has 9 heteroatoms. The van der Waals surface area contributed by atoms with Gasteiger partial charge in [0.1, 0.15) is 0 Å². The Labute approximate surface area is 122 Å². The monoisotopic (exact) mass is 318 g/mol. The van der Waals surface area contributed by atoms with E-state index in [2.05, 4.69) is 10.3 Å². The lowest BCUT2D eigenvalue weighted by Crippen LogP contribution is -2.20. The summed E-state index contributed by atoms with van der Waals surface area (Å²) in [5, 5.41) is 15.7. The average molecular weight is 319 g/mol. The topological polar surface area (TPSA) is 76.4 Å². The Balaban J connectivity index is 2.62. The van der Waals surface area contributed by atoms with Gasteiger partial charge >= 0.3 is 6.18 Å². The molecular formula is C12H10ClF3N4O. The van der Waals surface area contributed by atoms with Gasteiger partial charge in [-0.25, -0.2) is 4.68 Å². The van der Waals surface area contributed by atoms with Crippen molar-refractivity contribution in [2.75, 3.05) is 0 Å². The molecule has 0 bridgehead atoms. The molecule has 0 aliphatic rings. The molecule has 5 nitrogen and oxygen atoms in total. The SMILES string of the molecule is Cc1nn(-c2ccc(C(F)(F)F)c(/C(N)=N/O)c2)cc1Cl. The zero-order valence-electron chi connectivity index (χ0n) is 10.7. The van der Waals surface area contributed by atoms with Crippen LogP contribution in [-0.2, 0) is 6.18 Å². The lowest BCUT2D eigenvalue weighted by atomic mass is 10.1. The molecule has 0 amide bonds. The Morgan fingerprint density at radius 1 is 1.43 bits per heavy atom. The van der Waals surface area contributed by atoms with Crippen molar-refractivity contribution in [2.24, 2.45) is 10.9 Å². The zero-order valence-corrected chi connectivity index (χ0v) is 11.4. The summed E-state index contributed by atoms with van der Waals surface area (Å²) in [6.45, 7) is 1.66. The number of aromatic nitrogens is 2. The first-order chi connectivity index (χ1) is 9.74. The van der Waals surface area contributed by atoms with Gasteiger partial charge < -0.3 is 10.9 Å². The Morgan fingerprint density at radius 2 is 2.10 bits per heavy atom. The number of oxime groups is 1. The van der Waals surface area contributed by atoms with Crippen molar-refractivity contribution in [3.63, 3.8) is 0 Å². The van der Waals surface area contributed by atoms with Gasteiger partial charge in [0, 0.05) is 11.8 Å². The molecule has 1 aromatic heterocycles. The van der Waals surface area contributed by atoms with E-state index < -0.39 is 23.1 Å². The summed E-state index contributed by atoms with van der Waals surface area (Å²) in [5.74, 6) is -0.640. The molecule has 0 radical (unpaired) electrons. The van der Waals surface area contributed by atoms with Crippen molar-refractivity contribution in [3.05, 3.63) is 46.2 Å². The third kappa shape index (κ3) is 2.94. The van der Waals surface area contributed by atoms with Crippen LogP contribution in [0.5, 0.6) is 0 Å². The maximum atomic E-state index is 12.9. The Kier molecular flexibility index (Phi) is 3.82. The molecule has 0 saturated heterocycles. The smallest absolute Gasteiger partial charge is 0.409 e. The van der Waals surface area contributed by atoms with Crippen LogP contribution >= 0.6 is 11.6 Å². The standard InChI is InChI=1S/C12H10ClF3N4O/c1-6-10(13)5-20(18-6)7-2-3-9(12(14,15)16)8(4-7)11(17)19-21/h2-5,21H,1H3,(H2,17,19). The molecule has 0 spiro atoms. The van der Waals surface area contributed by atoms with Gasteiger partial charge in [0.2, 0.25) is 0 Å². The zero-order chi connectivity index (χ0) is 15.8. The van der Waals surface area contributed by atoms with Crippen LogP contribution in [0, 0.1) is 6.92 Å². The van der Waals surface area contributed by atoms with Crippen LogP contribution in [0.15, 0.2) is 29.6 Å². The van der Waals surface area contributed by atoms with E-state index in [0.29, 0.717) is 16.4 Å². The maximum Gasteiger partial charge on any atom is 0.417 e. The lowest BCUT2D eigenvalue weighted by Gasteiger charge is -2.13. The lowest BCUT2D eigenvalue weighted by molar-refractivity contribution is -0.137. The number of halogens is 4. The number of benzene rings is 1. The summed E-state index contributed by atoms with van der Waals surface area (Å²) in [5.41, 5.74) is 4.71. The molecule has 0 atom stereocenters. The highest BCUT2D eigenvalue weighted by molar-refractivity contribution is 6.31. The van der Waals surface area contributed by atoms with Gasteiger partial charge in [-0.05, 0) is 25.1 Å². The van der Waals surface area contributed by atoms with Crippen LogP contribution in [0.25, 0.3) is 5.69 Å². The number of alkyl halides is 3. The fourth-order valence-corrected chi connectivity index (χ4v) is 1.89. The summed E-state index contributed by atoms with van der Waals surface area (Å²) in [4.78, 5) is 0. The third-order valence-corrected chi connectivity index (χ3v) is 3.17. The first-order valence-electron chi connectivity index (χ1n) is 5.65. The van der Waals surface area contributed by atoms with Crippen LogP contribution in [-0.4, -0.2) is 20.8 Å². The molecule has 3 N–H and O–H groups in total. The van der Waals surface area contributed by atoms with Crippen molar-refractivity contribution >= 4 is 17.4 Å². The number of amidine groups is 1. The van der Waals surface area contributed by atoms with Gasteiger partial charge in [-0.3, -0.25) is 0 Å². The number of aryl methyl sites for hydroxylation is 1. The van der Waals surface area contributed by atoms with Crippen LogP contribution in [0.4, 0.5) is 13.2 Å². The summed E-state index contributed by atoms with van der Waals surface area (Å²) < 4.78 is 40.0. The number of rotatable bonds is 2. The van der Waals surface area contributed by atoms with E-state index in [-0.39, 0.29) is 0 Å². The predicted molar refractivity (Wildman–Crippen MR) is 70.8 cm³/mol. The quantitative estimate of drug-likeness (QED) is 0.387. The highest BCUT2D eigenvalue weighted by Crippen LogP contribution is 2.33. The van der Waals surface area contributed by atoms with E-state index in [1.807, 2.05) is 0 Å². The second-order valence-electron chi connectivity index (χ2n) is 4.22. The number of hydrogen-bond donors (Lipinski definition) is 2. The minimum atomic E-state index is -4.62. The van der Waals surface area contributed by atoms with Crippen LogP contribution in [0.1, 0.15) is 16.8 Å². The second-order valence-corrected chi connectivity index (χ2v) is 4.63. The van der Waals surface area contributed by atoms with E-state index in [0.717, 1.165) is 12.1 Å². The van der Waals surface area contributed by atoms with E-state index >= 15 is 0 Å². The third-order valence-electron chi connectivity index (χ3n) is 2.80. The minimum absolute atomic E-state index is 0.305. The number of nitrogens with zero attached hydrogens (tertiary/aromatic N) is 3. The highest BCUT2D eigenvalue weighted by Gasteiger charge is 2.34. The molecule has 1 heterocycles. The molecule has 2 aromatic rings. The molecule has 1 aromatic carbocycles. The molecule has 0 saturated carbocycles. The van der Waals surface area contributed by atoms with Gasteiger partial charge in [-0.1, -0.05) is 16.8 Å². The van der Waals surface area contributed by atoms with Gasteiger partial charge in [0.05, 0.1) is 22.0 Å². The summed E-state index contributed by atoms with van der Waals surface area (Å²) in [6.07, 6.45) is -3.17. The summed E-state index contributed by atoms with van der Waals surface area (Å²) in [7, 11) is 0. The summed E-state index contributed by atoms with van der Waals surface area (Å²) >= 11 is 5.86. The molecular weight excluding hydrogens is 309 g/mol. The fraction of sp³-hybridized carbons (Fsp3) is 0.167. The van der Waals surface area contributed by atoms with E-state index in [1.54, 1.807) is 6.92 Å². The Bertz CT molecular complexity index is 690. The van der Waals surface area contributed by atoms with Crippen molar-refractivity contribution in [3.8, 4) is 5.69 Å². The maximum absolute atomic E-state index is 12.9. The molecule has 0 fully saturated rings. The van der Waals surface area contributed by atoms with Crippen LogP contribution < -0.4 is 5.73 Å². The first kappa shape index (κ1) is 15.2. The largest absolute Gasteiger partial charge is 0.417 e. The predicted octanol–water partition coefficient (Wildman–Crippen LogP) is 2.95. The Morgan fingerprint density at radius 3 is 2.57 bits per heavy atom. The molecule has 21 heavy (non-hydrogen) atoms. The van der Waals surface area contributed by atoms with Gasteiger partial charge in [0.15, 0.2) is 5.84 Å². The molecule has 0 aliphatic carbocycles. The van der Waals surface area contributed by atoms with Crippen LogP contribution in [0.2, 0.25) is 5.02 Å².